The number of benzene rings is 2. The maximum absolute atomic E-state index is 12.1. The zero-order valence-electron chi connectivity index (χ0n) is 11.3. The predicted octanol–water partition coefficient (Wildman–Crippen LogP) is 1.06. The molecule has 10 heteroatoms. The van der Waals surface area contributed by atoms with Crippen molar-refractivity contribution in [1.82, 2.24) is 0 Å². The molecule has 0 aliphatic carbocycles. The Balaban J connectivity index is 0.00000264. The second-order valence-electron chi connectivity index (χ2n) is 4.14. The molecule has 23 heavy (non-hydrogen) atoms. The van der Waals surface area contributed by atoms with Gasteiger partial charge in [-0.1, -0.05) is 18.2 Å². The molecule has 2 aromatic carbocycles. The second-order valence-corrected chi connectivity index (χ2v) is 7.11. The van der Waals surface area contributed by atoms with Crippen LogP contribution in [0.4, 0.5) is 0 Å². The van der Waals surface area contributed by atoms with Crippen molar-refractivity contribution in [3.8, 4) is 11.5 Å². The fourth-order valence-electron chi connectivity index (χ4n) is 1.63. The number of methoxy groups -OCH3 is 1. The first kappa shape index (κ1) is 19.9. The topological polar surface area (TPSA) is 107 Å². The SMILES string of the molecule is COc1cc(S(=O)(=O)O)ccc1OS(=O)(=O)c1ccccc1.[NaH]. The van der Waals surface area contributed by atoms with Gasteiger partial charge in [0.15, 0.2) is 11.5 Å². The summed E-state index contributed by atoms with van der Waals surface area (Å²) in [6.07, 6.45) is 0. The molecule has 0 aliphatic rings. The minimum atomic E-state index is -4.43. The van der Waals surface area contributed by atoms with E-state index in [4.69, 9.17) is 13.5 Å². The molecule has 0 heterocycles. The first-order valence-corrected chi connectivity index (χ1v) is 8.74. The van der Waals surface area contributed by atoms with E-state index in [1.54, 1.807) is 6.07 Å². The average Bonchev–Trinajstić information content (AvgIpc) is 2.47. The fourth-order valence-corrected chi connectivity index (χ4v) is 3.09. The van der Waals surface area contributed by atoms with E-state index < -0.39 is 25.1 Å². The first-order chi connectivity index (χ1) is 10.2. The standard InChI is InChI=1S/C13H12O7S2.Na.H/c1-19-13-9-11(21(14,15)16)7-8-12(13)20-22(17,18)10-5-3-2-4-6-10;;/h2-9H,1H3,(H,14,15,16);;. The van der Waals surface area contributed by atoms with Crippen molar-refractivity contribution in [2.45, 2.75) is 9.79 Å². The molecule has 0 spiro atoms. The summed E-state index contributed by atoms with van der Waals surface area (Å²) in [5.41, 5.74) is 0. The third-order valence-corrected chi connectivity index (χ3v) is 4.76. The molecule has 0 saturated heterocycles. The molecule has 1 N–H and O–H groups in total. The normalized spacial score (nSPS) is 11.4. The quantitative estimate of drug-likeness (QED) is 0.478. The Kier molecular flexibility index (Phi) is 6.63. The monoisotopic (exact) mass is 368 g/mol. The average molecular weight is 368 g/mol. The summed E-state index contributed by atoms with van der Waals surface area (Å²) in [5.74, 6) is -0.339. The number of hydrogen-bond donors (Lipinski definition) is 1. The van der Waals surface area contributed by atoms with Crippen LogP contribution in [0.3, 0.4) is 0 Å². The van der Waals surface area contributed by atoms with Crippen LogP contribution < -0.4 is 8.92 Å². The van der Waals surface area contributed by atoms with Crippen LogP contribution in [0.15, 0.2) is 58.3 Å². The van der Waals surface area contributed by atoms with Gasteiger partial charge in [0.05, 0.1) is 12.0 Å². The molecule has 7 nitrogen and oxygen atoms in total. The zero-order valence-corrected chi connectivity index (χ0v) is 13.0. The van der Waals surface area contributed by atoms with Gasteiger partial charge in [0.25, 0.3) is 10.1 Å². The third-order valence-electron chi connectivity index (χ3n) is 2.66. The van der Waals surface area contributed by atoms with Gasteiger partial charge in [-0.25, -0.2) is 0 Å². The number of rotatable bonds is 5. The van der Waals surface area contributed by atoms with Crippen LogP contribution in [0, 0.1) is 0 Å². The molecular weight excluding hydrogens is 355 g/mol. The Morgan fingerprint density at radius 3 is 2.00 bits per heavy atom. The van der Waals surface area contributed by atoms with E-state index in [1.807, 2.05) is 0 Å². The van der Waals surface area contributed by atoms with Crippen LogP contribution in [0.25, 0.3) is 0 Å². The van der Waals surface area contributed by atoms with Gasteiger partial charge in [-0.2, -0.15) is 16.8 Å². The Morgan fingerprint density at radius 1 is 0.870 bits per heavy atom. The summed E-state index contributed by atoms with van der Waals surface area (Å²) in [4.78, 5) is -0.496. The van der Waals surface area contributed by atoms with Gasteiger partial charge in [0, 0.05) is 6.07 Å². The maximum atomic E-state index is 12.1. The zero-order chi connectivity index (χ0) is 16.4. The van der Waals surface area contributed by atoms with Gasteiger partial charge < -0.3 is 8.92 Å². The van der Waals surface area contributed by atoms with Gasteiger partial charge in [-0.15, -0.1) is 0 Å². The fraction of sp³-hybridized carbons (Fsp3) is 0.0769. The molecule has 0 saturated carbocycles. The summed E-state index contributed by atoms with van der Waals surface area (Å²) in [6.45, 7) is 0. The van der Waals surface area contributed by atoms with Crippen LogP contribution in [0.5, 0.6) is 11.5 Å². The van der Waals surface area contributed by atoms with Gasteiger partial charge in [-0.3, -0.25) is 4.55 Å². The van der Waals surface area contributed by atoms with E-state index >= 15 is 0 Å². The Bertz CT molecular complexity index is 878. The Morgan fingerprint density at radius 2 is 1.48 bits per heavy atom. The molecule has 0 radical (unpaired) electrons. The van der Waals surface area contributed by atoms with E-state index in [0.29, 0.717) is 0 Å². The van der Waals surface area contributed by atoms with E-state index in [9.17, 15) is 16.8 Å². The van der Waals surface area contributed by atoms with Crippen molar-refractivity contribution in [1.29, 1.82) is 0 Å². The molecule has 0 bridgehead atoms. The van der Waals surface area contributed by atoms with Crippen LogP contribution in [0.2, 0.25) is 0 Å². The van der Waals surface area contributed by atoms with Gasteiger partial charge >= 0.3 is 39.7 Å². The predicted molar refractivity (Wildman–Crippen MR) is 84.2 cm³/mol. The van der Waals surface area contributed by atoms with Crippen molar-refractivity contribution in [2.75, 3.05) is 7.11 Å². The third kappa shape index (κ3) is 4.93. The van der Waals surface area contributed by atoms with Crippen LogP contribution in [0.1, 0.15) is 0 Å². The summed E-state index contributed by atoms with van der Waals surface area (Å²) in [7, 11) is -7.31. The van der Waals surface area contributed by atoms with E-state index in [1.165, 1.54) is 31.4 Å². The summed E-state index contributed by atoms with van der Waals surface area (Å²) < 4.78 is 65.1. The second kappa shape index (κ2) is 7.65. The summed E-state index contributed by atoms with van der Waals surface area (Å²) in [5, 5.41) is 0. The van der Waals surface area contributed by atoms with Crippen molar-refractivity contribution >= 4 is 49.8 Å². The molecule has 0 aliphatic heterocycles. The summed E-state index contributed by atoms with van der Waals surface area (Å²) >= 11 is 0. The molecule has 2 rings (SSSR count). The van der Waals surface area contributed by atoms with E-state index in [-0.39, 0.29) is 46.0 Å². The van der Waals surface area contributed by atoms with Crippen LogP contribution in [-0.4, -0.2) is 58.1 Å². The van der Waals surface area contributed by atoms with Crippen LogP contribution in [-0.2, 0) is 20.2 Å². The van der Waals surface area contributed by atoms with Crippen LogP contribution >= 0.6 is 0 Å². The Hall–Kier alpha value is -1.10. The van der Waals surface area contributed by atoms with Crippen molar-refractivity contribution in [3.05, 3.63) is 48.5 Å². The molecule has 0 aromatic heterocycles. The van der Waals surface area contributed by atoms with Gasteiger partial charge in [0.1, 0.15) is 4.90 Å². The molecule has 0 amide bonds. The molecule has 0 unspecified atom stereocenters. The number of ether oxygens (including phenoxy) is 1. The molecule has 2 aromatic rings. The minimum absolute atomic E-state index is 0. The Labute approximate surface area is 156 Å². The molecule has 120 valence electrons. The molecular formula is C13H13NaO7S2. The molecule has 0 fully saturated rings. The summed E-state index contributed by atoms with van der Waals surface area (Å²) in [6, 6.07) is 10.5. The van der Waals surface area contributed by atoms with Gasteiger partial charge in [0.2, 0.25) is 0 Å². The number of hydrogen-bond acceptors (Lipinski definition) is 6. The van der Waals surface area contributed by atoms with Crippen molar-refractivity contribution < 1.29 is 30.3 Å². The van der Waals surface area contributed by atoms with E-state index in [0.717, 1.165) is 18.2 Å². The molecule has 0 atom stereocenters. The van der Waals surface area contributed by atoms with E-state index in [2.05, 4.69) is 0 Å². The van der Waals surface area contributed by atoms with Gasteiger partial charge in [-0.05, 0) is 24.3 Å². The van der Waals surface area contributed by atoms with Crippen molar-refractivity contribution in [2.24, 2.45) is 0 Å². The first-order valence-electron chi connectivity index (χ1n) is 5.89. The van der Waals surface area contributed by atoms with Crippen molar-refractivity contribution in [3.63, 3.8) is 0 Å².